The number of benzene rings is 1. The molecule has 0 unspecified atom stereocenters. The Balaban J connectivity index is 1.81. The first kappa shape index (κ1) is 13.4. The van der Waals surface area contributed by atoms with Crippen LogP contribution in [0, 0.1) is 0 Å². The first-order valence-electron chi connectivity index (χ1n) is 6.89. The van der Waals surface area contributed by atoms with Crippen LogP contribution in [0.3, 0.4) is 0 Å². The van der Waals surface area contributed by atoms with E-state index in [9.17, 15) is 4.79 Å². The molecule has 1 heterocycles. The third-order valence-electron chi connectivity index (χ3n) is 3.38. The Morgan fingerprint density at radius 1 is 1.24 bits per heavy atom. The average molecular weight is 283 g/mol. The quantitative estimate of drug-likeness (QED) is 0.748. The van der Waals surface area contributed by atoms with Crippen molar-refractivity contribution >= 4 is 23.4 Å². The molecule has 4 N–H and O–H groups in total. The lowest BCUT2D eigenvalue weighted by Crippen LogP contribution is -2.14. The first-order valence-corrected chi connectivity index (χ1v) is 6.89. The van der Waals surface area contributed by atoms with E-state index in [-0.39, 0.29) is 5.91 Å². The number of hydrogen-bond acceptors (Lipinski definition) is 5. The van der Waals surface area contributed by atoms with Gasteiger partial charge in [-0.15, -0.1) is 0 Å². The Bertz CT molecular complexity index is 664. The van der Waals surface area contributed by atoms with Gasteiger partial charge < -0.3 is 16.4 Å². The minimum absolute atomic E-state index is 0.211. The molecule has 0 radical (unpaired) electrons. The number of hydrogen-bond donors (Lipinski definition) is 3. The zero-order valence-electron chi connectivity index (χ0n) is 11.8. The topological polar surface area (TPSA) is 92.9 Å². The second kappa shape index (κ2) is 5.40. The SMILES string of the molecule is CNc1nc(NC(=O)c2ccc(N)cc2)cc(C2CC2)n1. The number of amides is 1. The summed E-state index contributed by atoms with van der Waals surface area (Å²) >= 11 is 0. The van der Waals surface area contributed by atoms with Crippen molar-refractivity contribution in [2.45, 2.75) is 18.8 Å². The van der Waals surface area contributed by atoms with Crippen molar-refractivity contribution in [1.82, 2.24) is 9.97 Å². The normalized spacial score (nSPS) is 13.8. The van der Waals surface area contributed by atoms with Gasteiger partial charge in [0.25, 0.3) is 5.91 Å². The number of anilines is 3. The Morgan fingerprint density at radius 3 is 2.57 bits per heavy atom. The molecule has 3 rings (SSSR count). The van der Waals surface area contributed by atoms with Gasteiger partial charge in [-0.05, 0) is 37.1 Å². The number of carbonyl (C=O) groups is 1. The molecule has 0 bridgehead atoms. The third kappa shape index (κ3) is 3.10. The van der Waals surface area contributed by atoms with Crippen molar-refractivity contribution in [3.63, 3.8) is 0 Å². The molecule has 0 aliphatic heterocycles. The minimum atomic E-state index is -0.211. The predicted molar refractivity (Wildman–Crippen MR) is 82.4 cm³/mol. The summed E-state index contributed by atoms with van der Waals surface area (Å²) in [5.74, 6) is 1.31. The summed E-state index contributed by atoms with van der Waals surface area (Å²) in [6, 6.07) is 8.61. The van der Waals surface area contributed by atoms with E-state index < -0.39 is 0 Å². The van der Waals surface area contributed by atoms with Gasteiger partial charge in [0.2, 0.25) is 5.95 Å². The molecule has 1 amide bonds. The number of nitrogens with two attached hydrogens (primary N) is 1. The lowest BCUT2D eigenvalue weighted by molar-refractivity contribution is 0.102. The molecule has 0 atom stereocenters. The van der Waals surface area contributed by atoms with Gasteiger partial charge in [0.1, 0.15) is 5.82 Å². The molecule has 6 heteroatoms. The number of aromatic nitrogens is 2. The number of nitrogen functional groups attached to an aromatic ring is 1. The highest BCUT2D eigenvalue weighted by atomic mass is 16.1. The lowest BCUT2D eigenvalue weighted by atomic mass is 10.2. The highest BCUT2D eigenvalue weighted by Crippen LogP contribution is 2.39. The van der Waals surface area contributed by atoms with Gasteiger partial charge >= 0.3 is 0 Å². The Labute approximate surface area is 122 Å². The number of nitrogens with zero attached hydrogens (tertiary/aromatic N) is 2. The fourth-order valence-corrected chi connectivity index (χ4v) is 2.05. The van der Waals surface area contributed by atoms with E-state index in [1.807, 2.05) is 6.07 Å². The van der Waals surface area contributed by atoms with E-state index in [0.29, 0.717) is 28.9 Å². The van der Waals surface area contributed by atoms with Crippen LogP contribution >= 0.6 is 0 Å². The molecule has 1 saturated carbocycles. The van der Waals surface area contributed by atoms with Gasteiger partial charge in [0, 0.05) is 30.3 Å². The van der Waals surface area contributed by atoms with Crippen LogP contribution in [-0.2, 0) is 0 Å². The molecule has 21 heavy (non-hydrogen) atoms. The molecule has 1 aliphatic carbocycles. The monoisotopic (exact) mass is 283 g/mol. The largest absolute Gasteiger partial charge is 0.399 e. The second-order valence-corrected chi connectivity index (χ2v) is 5.10. The van der Waals surface area contributed by atoms with E-state index in [1.165, 1.54) is 0 Å². The Kier molecular flexibility index (Phi) is 3.43. The summed E-state index contributed by atoms with van der Waals surface area (Å²) < 4.78 is 0. The minimum Gasteiger partial charge on any atom is -0.399 e. The second-order valence-electron chi connectivity index (χ2n) is 5.10. The predicted octanol–water partition coefficient (Wildman–Crippen LogP) is 2.23. The first-order chi connectivity index (χ1) is 10.2. The maximum absolute atomic E-state index is 12.2. The van der Waals surface area contributed by atoms with Crippen LogP contribution in [-0.4, -0.2) is 22.9 Å². The van der Waals surface area contributed by atoms with Crippen LogP contribution in [0.2, 0.25) is 0 Å². The van der Waals surface area contributed by atoms with Gasteiger partial charge in [-0.1, -0.05) is 0 Å². The van der Waals surface area contributed by atoms with Crippen LogP contribution in [0.4, 0.5) is 17.5 Å². The van der Waals surface area contributed by atoms with E-state index >= 15 is 0 Å². The molecular formula is C15H17N5O. The van der Waals surface area contributed by atoms with Crippen molar-refractivity contribution in [3.8, 4) is 0 Å². The maximum Gasteiger partial charge on any atom is 0.256 e. The van der Waals surface area contributed by atoms with Gasteiger partial charge in [-0.3, -0.25) is 4.79 Å². The fourth-order valence-electron chi connectivity index (χ4n) is 2.05. The molecule has 0 saturated heterocycles. The lowest BCUT2D eigenvalue weighted by Gasteiger charge is -2.08. The average Bonchev–Trinajstić information content (AvgIpc) is 3.32. The summed E-state index contributed by atoms with van der Waals surface area (Å²) in [7, 11) is 1.76. The number of carbonyl (C=O) groups excluding carboxylic acids is 1. The van der Waals surface area contributed by atoms with Crippen molar-refractivity contribution < 1.29 is 4.79 Å². The molecule has 6 nitrogen and oxygen atoms in total. The van der Waals surface area contributed by atoms with E-state index in [2.05, 4.69) is 20.6 Å². The van der Waals surface area contributed by atoms with E-state index in [1.54, 1.807) is 31.3 Å². The molecule has 108 valence electrons. The molecular weight excluding hydrogens is 266 g/mol. The van der Waals surface area contributed by atoms with Crippen LogP contribution in [0.1, 0.15) is 34.8 Å². The van der Waals surface area contributed by atoms with Gasteiger partial charge in [0.05, 0.1) is 5.69 Å². The van der Waals surface area contributed by atoms with Gasteiger partial charge in [-0.2, -0.15) is 4.98 Å². The zero-order valence-corrected chi connectivity index (χ0v) is 11.8. The van der Waals surface area contributed by atoms with E-state index in [0.717, 1.165) is 18.5 Å². The van der Waals surface area contributed by atoms with Gasteiger partial charge in [-0.25, -0.2) is 4.98 Å². The summed E-state index contributed by atoms with van der Waals surface area (Å²) in [5.41, 5.74) is 7.76. The molecule has 0 spiro atoms. The molecule has 1 aromatic carbocycles. The Morgan fingerprint density at radius 2 is 1.95 bits per heavy atom. The summed E-state index contributed by atoms with van der Waals surface area (Å²) in [6.45, 7) is 0. The highest BCUT2D eigenvalue weighted by molar-refractivity contribution is 6.04. The third-order valence-corrected chi connectivity index (χ3v) is 3.38. The van der Waals surface area contributed by atoms with Crippen LogP contribution < -0.4 is 16.4 Å². The Hall–Kier alpha value is -2.63. The highest BCUT2D eigenvalue weighted by Gasteiger charge is 2.26. The standard InChI is InChI=1S/C15H17N5O/c1-17-15-18-12(9-2-3-9)8-13(20-15)19-14(21)10-4-6-11(16)7-5-10/h4-9H,2-3,16H2,1H3,(H2,17,18,19,20,21). The number of nitrogens with one attached hydrogen (secondary N) is 2. The molecule has 1 aliphatic rings. The van der Waals surface area contributed by atoms with Crippen LogP contribution in [0.5, 0.6) is 0 Å². The zero-order chi connectivity index (χ0) is 14.8. The smallest absolute Gasteiger partial charge is 0.256 e. The van der Waals surface area contributed by atoms with E-state index in [4.69, 9.17) is 5.73 Å². The summed E-state index contributed by atoms with van der Waals surface area (Å²) in [4.78, 5) is 20.9. The number of rotatable bonds is 4. The van der Waals surface area contributed by atoms with Crippen molar-refractivity contribution in [2.24, 2.45) is 0 Å². The van der Waals surface area contributed by atoms with Crippen molar-refractivity contribution in [3.05, 3.63) is 41.6 Å². The van der Waals surface area contributed by atoms with Gasteiger partial charge in [0.15, 0.2) is 0 Å². The maximum atomic E-state index is 12.2. The molecule has 2 aromatic rings. The van der Waals surface area contributed by atoms with Crippen molar-refractivity contribution in [1.29, 1.82) is 0 Å². The van der Waals surface area contributed by atoms with Crippen LogP contribution in [0.15, 0.2) is 30.3 Å². The molecule has 1 fully saturated rings. The summed E-state index contributed by atoms with van der Waals surface area (Å²) in [5, 5.41) is 5.73. The summed E-state index contributed by atoms with van der Waals surface area (Å²) in [6.07, 6.45) is 2.29. The molecule has 1 aromatic heterocycles. The van der Waals surface area contributed by atoms with Crippen LogP contribution in [0.25, 0.3) is 0 Å². The van der Waals surface area contributed by atoms with Crippen molar-refractivity contribution in [2.75, 3.05) is 23.4 Å². The fraction of sp³-hybridized carbons (Fsp3) is 0.267.